The largest absolute Gasteiger partial charge is 0.466 e. The van der Waals surface area contributed by atoms with E-state index < -0.39 is 59.4 Å². The summed E-state index contributed by atoms with van der Waals surface area (Å²) in [6.07, 6.45) is 1.81. The van der Waals surface area contributed by atoms with Crippen LogP contribution in [-0.2, 0) is 104 Å². The van der Waals surface area contributed by atoms with Gasteiger partial charge in [-0.3, -0.25) is 62.3 Å². The summed E-state index contributed by atoms with van der Waals surface area (Å²) in [5.41, 5.74) is 10.9. The molecule has 0 saturated carbocycles. The van der Waals surface area contributed by atoms with Gasteiger partial charge in [0, 0.05) is 72.2 Å². The number of nitrogens with zero attached hydrogens (tertiary/aromatic N) is 1. The lowest BCUT2D eigenvalue weighted by Gasteiger charge is -2.16. The Bertz CT molecular complexity index is 2780. The molecule has 8 amide bonds. The molecule has 2 heterocycles. The Morgan fingerprint density at radius 3 is 1.33 bits per heavy atom. The molecule has 29 heteroatoms. The molecule has 1 atom stereocenters. The molecule has 10 N–H and O–H groups in total. The molecule has 2 aromatic carbocycles. The third-order valence-electron chi connectivity index (χ3n) is 10.2. The number of nitrogen functional groups attached to an aromatic ring is 1. The molecule has 0 fully saturated rings. The van der Waals surface area contributed by atoms with Crippen molar-refractivity contribution < 1.29 is 90.8 Å². The minimum absolute atomic E-state index is 0.00452. The normalized spacial score (nSPS) is 11.1. The Morgan fingerprint density at radius 2 is 0.918 bits per heavy atom. The molecule has 4 rings (SSSR count). The van der Waals surface area contributed by atoms with E-state index in [4.69, 9.17) is 10.5 Å². The lowest BCUT2D eigenvalue weighted by Crippen LogP contribution is -2.45. The van der Waals surface area contributed by atoms with Crippen LogP contribution in [0.1, 0.15) is 72.9 Å². The Hall–Kier alpha value is -10.1. The van der Waals surface area contributed by atoms with Gasteiger partial charge in [0.15, 0.2) is 0 Å². The molecular weight excluding hydrogens is 1120 g/mol. The van der Waals surface area contributed by atoms with Crippen molar-refractivity contribution in [1.82, 2.24) is 26.6 Å². The van der Waals surface area contributed by atoms with E-state index in [-0.39, 0.29) is 108 Å². The number of hydrogen-bond donors (Lipinski definition) is 9. The molecular formula is C56H76N10O19. The van der Waals surface area contributed by atoms with E-state index in [1.54, 1.807) is 85.7 Å². The van der Waals surface area contributed by atoms with E-state index in [1.165, 1.54) is 6.08 Å². The maximum absolute atomic E-state index is 12.6. The molecule has 0 bridgehead atoms. The van der Waals surface area contributed by atoms with Crippen molar-refractivity contribution in [2.45, 2.75) is 74.7 Å². The van der Waals surface area contributed by atoms with E-state index in [0.29, 0.717) is 46.7 Å². The second-order valence-corrected chi connectivity index (χ2v) is 17.3. The van der Waals surface area contributed by atoms with Crippen LogP contribution in [0.4, 0.5) is 22.7 Å². The fraction of sp³-hybridized carbons (Fsp3) is 0.429. The topological polar surface area (TPSA) is 420 Å². The summed E-state index contributed by atoms with van der Waals surface area (Å²) < 4.78 is 23.3. The number of amides is 8. The van der Waals surface area contributed by atoms with Crippen LogP contribution in [0.3, 0.4) is 0 Å². The zero-order valence-electron chi connectivity index (χ0n) is 48.9. The highest BCUT2D eigenvalue weighted by molar-refractivity contribution is 6.20. The average molecular weight is 1190 g/mol. The van der Waals surface area contributed by atoms with Crippen LogP contribution in [0.25, 0.3) is 0 Å². The summed E-state index contributed by atoms with van der Waals surface area (Å²) in [7, 11) is 0. The predicted molar refractivity (Wildman–Crippen MR) is 308 cm³/mol. The Morgan fingerprint density at radius 1 is 0.541 bits per heavy atom. The van der Waals surface area contributed by atoms with Gasteiger partial charge in [0.1, 0.15) is 6.42 Å². The molecule has 0 aromatic heterocycles. The smallest absolute Gasteiger partial charge is 0.330 e. The molecule has 1 unspecified atom stereocenters. The van der Waals surface area contributed by atoms with Crippen molar-refractivity contribution in [3.63, 3.8) is 0 Å². The van der Waals surface area contributed by atoms with Crippen molar-refractivity contribution in [3.8, 4) is 0 Å². The number of esters is 5. The van der Waals surface area contributed by atoms with Gasteiger partial charge in [0.2, 0.25) is 65.2 Å². The summed E-state index contributed by atoms with van der Waals surface area (Å²) in [5.74, 6) is -11.0. The van der Waals surface area contributed by atoms with Crippen molar-refractivity contribution in [2.75, 3.05) is 94.0 Å². The number of nitrogens with two attached hydrogens (primary N) is 1. The van der Waals surface area contributed by atoms with Gasteiger partial charge in [-0.2, -0.15) is 0 Å². The summed E-state index contributed by atoms with van der Waals surface area (Å²) in [5, 5.41) is 20.2. The summed E-state index contributed by atoms with van der Waals surface area (Å²) >= 11 is 0. The number of benzene rings is 2. The van der Waals surface area contributed by atoms with Crippen LogP contribution >= 0.6 is 0 Å². The van der Waals surface area contributed by atoms with Crippen LogP contribution in [0, 0.1) is 11.8 Å². The quantitative estimate of drug-likeness (QED) is 0.00924. The number of rotatable bonds is 26. The molecule has 0 spiro atoms. The molecule has 2 aromatic rings. The van der Waals surface area contributed by atoms with Crippen LogP contribution in [-0.4, -0.2) is 155 Å². The third kappa shape index (κ3) is 31.1. The minimum Gasteiger partial charge on any atom is -0.466 e. The van der Waals surface area contributed by atoms with Gasteiger partial charge in [-0.1, -0.05) is 31.9 Å². The average Bonchev–Trinajstić information content (AvgIpc) is 3.23. The SMILES string of the molecule is C=C(C)C(=O)NCCN=C=O.C=C(C)C(=O)NCCNC(=O)C(C(=O)Nc1ccc2c(c1)NC(=O)C2)C(=O)OCC.C=C(C)C(=O)NCCNC(=O)C(C(=O)OCC)C(=O)OCC.CCOC(=O)CC(=O)OCC.Nc1ccc2c(c1)NC(=O)C2. The second-order valence-electron chi connectivity index (χ2n) is 17.3. The Labute approximate surface area is 491 Å². The fourth-order valence-corrected chi connectivity index (χ4v) is 6.25. The highest BCUT2D eigenvalue weighted by Crippen LogP contribution is 2.27. The number of anilines is 4. The monoisotopic (exact) mass is 1190 g/mol. The molecule has 464 valence electrons. The molecule has 85 heavy (non-hydrogen) atoms. The first-order valence-corrected chi connectivity index (χ1v) is 26.3. The molecule has 2 aliphatic heterocycles. The zero-order valence-corrected chi connectivity index (χ0v) is 48.9. The molecule has 2 aliphatic rings. The highest BCUT2D eigenvalue weighted by Gasteiger charge is 2.37. The van der Waals surface area contributed by atoms with Gasteiger partial charge in [-0.05, 0) is 90.8 Å². The van der Waals surface area contributed by atoms with E-state index in [2.05, 4.69) is 86.2 Å². The maximum atomic E-state index is 12.6. The van der Waals surface area contributed by atoms with Crippen LogP contribution in [0.2, 0.25) is 0 Å². The first-order valence-electron chi connectivity index (χ1n) is 26.3. The van der Waals surface area contributed by atoms with Crippen molar-refractivity contribution in [1.29, 1.82) is 0 Å². The number of hydrogen-bond acceptors (Lipinski definition) is 21. The molecule has 0 aliphatic carbocycles. The summed E-state index contributed by atoms with van der Waals surface area (Å²) in [6.45, 7) is 24.7. The number of nitrogens with one attached hydrogen (secondary N) is 8. The fourth-order valence-electron chi connectivity index (χ4n) is 6.25. The van der Waals surface area contributed by atoms with E-state index >= 15 is 0 Å². The summed E-state index contributed by atoms with van der Waals surface area (Å²) in [6, 6.07) is 10.3. The van der Waals surface area contributed by atoms with E-state index in [0.717, 1.165) is 16.8 Å². The van der Waals surface area contributed by atoms with E-state index in [1.807, 2.05) is 6.07 Å². The maximum Gasteiger partial charge on any atom is 0.330 e. The van der Waals surface area contributed by atoms with Gasteiger partial charge in [-0.15, -0.1) is 0 Å². The van der Waals surface area contributed by atoms with Crippen molar-refractivity contribution in [3.05, 3.63) is 84.0 Å². The number of aliphatic imine (C=N–C) groups is 1. The Balaban J connectivity index is 0.00000112. The second kappa shape index (κ2) is 41.9. The number of ether oxygens (including phenoxy) is 5. The first kappa shape index (κ1) is 74.9. The Kier molecular flexibility index (Phi) is 36.9. The van der Waals surface area contributed by atoms with Crippen molar-refractivity contribution in [2.24, 2.45) is 16.8 Å². The molecule has 0 saturated heterocycles. The lowest BCUT2D eigenvalue weighted by atomic mass is 10.1. The number of isocyanates is 1. The van der Waals surface area contributed by atoms with Gasteiger partial charge in [0.25, 0.3) is 0 Å². The predicted octanol–water partition coefficient (Wildman–Crippen LogP) is 0.925. The van der Waals surface area contributed by atoms with Gasteiger partial charge < -0.3 is 72.0 Å². The minimum atomic E-state index is -1.73. The summed E-state index contributed by atoms with van der Waals surface area (Å²) in [4.78, 5) is 162. The van der Waals surface area contributed by atoms with Crippen LogP contribution in [0.5, 0.6) is 0 Å². The molecule has 29 nitrogen and oxygen atoms in total. The van der Waals surface area contributed by atoms with Gasteiger partial charge in [0.05, 0.1) is 52.4 Å². The lowest BCUT2D eigenvalue weighted by molar-refractivity contribution is -0.165. The van der Waals surface area contributed by atoms with Crippen LogP contribution in [0.15, 0.2) is 77.8 Å². The first-order chi connectivity index (χ1) is 40.2. The number of carbonyl (C=O) groups is 13. The van der Waals surface area contributed by atoms with E-state index in [9.17, 15) is 67.1 Å². The van der Waals surface area contributed by atoms with Gasteiger partial charge >= 0.3 is 29.8 Å². The zero-order chi connectivity index (χ0) is 64.6. The number of fused-ring (bicyclic) bond motifs is 2. The van der Waals surface area contributed by atoms with Crippen molar-refractivity contribution >= 4 is 106 Å². The van der Waals surface area contributed by atoms with Gasteiger partial charge in [-0.25, -0.2) is 9.79 Å². The third-order valence-corrected chi connectivity index (χ3v) is 10.2. The van der Waals surface area contributed by atoms with Crippen LogP contribution < -0.4 is 48.3 Å². The highest BCUT2D eigenvalue weighted by atomic mass is 16.6. The number of carbonyl (C=O) groups excluding carboxylic acids is 14. The molecule has 0 radical (unpaired) electrons. The standard InChI is InChI=1S/C20H24N4O6.C14H22N2O6.C8H8N2O.C7H10N2O2.C7H12O4/c1-4-30-20(29)16(18(27)22-8-7-21-17(26)11(2)3)19(28)23-13-6-5-12-9-15(25)24-14(12)10-13;1-5-21-13(19)10(14(20)22-6-2)12(18)16-8-7-15-11(17)9(3)4;9-6-2-1-5-3-8(11)10-7(5)4-6;1-6(2)7(11)9-4-3-8-5-10;1-3-10-6(8)5-7(9)11-4-2/h5-6,10,16H,2,4,7-9H2,1,3H3,(H,21,26)(H,22,27)(H,23,28)(H,24,25);10H,3,5-8H2,1-2,4H3,(H,15,17)(H,16,18);1-2,4H,3,9H2,(H,10,11);1,3-4H2,2H3,(H,9,11);3-5H2,1-2H3.